The molecule has 1 aliphatic rings. The van der Waals surface area contributed by atoms with Gasteiger partial charge in [0.25, 0.3) is 0 Å². The van der Waals surface area contributed by atoms with E-state index in [1.54, 1.807) is 48.9 Å². The SMILES string of the molecule is O=S(=O)(CCOCCCC1(c2cc3c(Nc4ccc(OCc5cccc(F)c5)c(Br)c4)ncnc3cn2)CC=CO1)c1ccccc1. The van der Waals surface area contributed by atoms with Crippen molar-refractivity contribution in [1.29, 1.82) is 0 Å². The summed E-state index contributed by atoms with van der Waals surface area (Å²) in [6, 6.07) is 22.2. The van der Waals surface area contributed by atoms with E-state index in [0.717, 1.165) is 26.8 Å². The molecule has 12 heteroatoms. The highest BCUT2D eigenvalue weighted by atomic mass is 79.9. The normalized spacial score (nSPS) is 15.9. The number of pyridine rings is 1. The van der Waals surface area contributed by atoms with Gasteiger partial charge in [0.15, 0.2) is 15.4 Å². The van der Waals surface area contributed by atoms with Gasteiger partial charge in [-0.25, -0.2) is 22.8 Å². The summed E-state index contributed by atoms with van der Waals surface area (Å²) in [6.45, 7) is 0.728. The number of anilines is 2. The van der Waals surface area contributed by atoms with Crippen LogP contribution < -0.4 is 10.1 Å². The molecule has 0 saturated carbocycles. The molecule has 9 nitrogen and oxygen atoms in total. The number of benzene rings is 3. The van der Waals surface area contributed by atoms with E-state index in [9.17, 15) is 12.8 Å². The van der Waals surface area contributed by atoms with Crippen LogP contribution in [0.1, 0.15) is 30.5 Å². The van der Waals surface area contributed by atoms with Crippen LogP contribution in [0.2, 0.25) is 0 Å². The zero-order chi connectivity index (χ0) is 32.7. The number of hydrogen-bond donors (Lipinski definition) is 1. The molecule has 47 heavy (non-hydrogen) atoms. The third-order valence-electron chi connectivity index (χ3n) is 7.77. The first-order valence-electron chi connectivity index (χ1n) is 15.0. The highest BCUT2D eigenvalue weighted by molar-refractivity contribution is 9.10. The molecule has 242 valence electrons. The van der Waals surface area contributed by atoms with Gasteiger partial charge in [0.1, 0.15) is 30.3 Å². The summed E-state index contributed by atoms with van der Waals surface area (Å²) in [4.78, 5) is 13.9. The summed E-state index contributed by atoms with van der Waals surface area (Å²) in [5.74, 6) is 0.834. The Balaban J connectivity index is 1.10. The van der Waals surface area contributed by atoms with E-state index in [-0.39, 0.29) is 24.8 Å². The number of ether oxygens (including phenoxy) is 3. The maximum absolute atomic E-state index is 13.5. The van der Waals surface area contributed by atoms with Gasteiger partial charge < -0.3 is 19.5 Å². The molecule has 0 amide bonds. The fraction of sp³-hybridized carbons (Fsp3) is 0.229. The predicted octanol–water partition coefficient (Wildman–Crippen LogP) is 7.65. The molecule has 2 aromatic heterocycles. The Kier molecular flexibility index (Phi) is 10.1. The van der Waals surface area contributed by atoms with Crippen molar-refractivity contribution >= 4 is 48.2 Å². The molecule has 3 aromatic carbocycles. The first kappa shape index (κ1) is 32.5. The number of fused-ring (bicyclic) bond motifs is 1. The topological polar surface area (TPSA) is 113 Å². The van der Waals surface area contributed by atoms with Crippen LogP contribution >= 0.6 is 15.9 Å². The second kappa shape index (κ2) is 14.6. The van der Waals surface area contributed by atoms with Crippen LogP contribution in [0.25, 0.3) is 10.9 Å². The zero-order valence-electron chi connectivity index (χ0n) is 25.3. The van der Waals surface area contributed by atoms with Gasteiger partial charge in [-0.15, -0.1) is 0 Å². The maximum atomic E-state index is 13.5. The minimum absolute atomic E-state index is 0.0799. The van der Waals surface area contributed by atoms with Crippen LogP contribution in [0.3, 0.4) is 0 Å². The van der Waals surface area contributed by atoms with E-state index < -0.39 is 15.4 Å². The van der Waals surface area contributed by atoms with Crippen molar-refractivity contribution in [2.75, 3.05) is 24.3 Å². The van der Waals surface area contributed by atoms with Crippen LogP contribution in [0.15, 0.2) is 113 Å². The molecule has 1 aliphatic heterocycles. The van der Waals surface area contributed by atoms with Crippen molar-refractivity contribution in [3.05, 3.63) is 125 Å². The fourth-order valence-electron chi connectivity index (χ4n) is 5.32. The molecule has 1 N–H and O–H groups in total. The van der Waals surface area contributed by atoms with E-state index in [1.165, 1.54) is 18.5 Å². The van der Waals surface area contributed by atoms with Gasteiger partial charge in [-0.1, -0.05) is 30.3 Å². The second-order valence-electron chi connectivity index (χ2n) is 11.0. The number of hydrogen-bond acceptors (Lipinski definition) is 9. The van der Waals surface area contributed by atoms with Crippen molar-refractivity contribution in [2.45, 2.75) is 36.4 Å². The molecule has 6 rings (SSSR count). The minimum Gasteiger partial charge on any atom is -0.489 e. The lowest BCUT2D eigenvalue weighted by atomic mass is 9.90. The zero-order valence-corrected chi connectivity index (χ0v) is 27.7. The number of nitrogens with one attached hydrogen (secondary N) is 1. The Morgan fingerprint density at radius 3 is 2.64 bits per heavy atom. The maximum Gasteiger partial charge on any atom is 0.180 e. The average Bonchev–Trinajstić information content (AvgIpc) is 3.56. The quantitative estimate of drug-likeness (QED) is 0.116. The summed E-state index contributed by atoms with van der Waals surface area (Å²) < 4.78 is 57.1. The Bertz CT molecular complexity index is 1990. The third kappa shape index (κ3) is 7.95. The van der Waals surface area contributed by atoms with Crippen molar-refractivity contribution in [3.63, 3.8) is 0 Å². The first-order valence-corrected chi connectivity index (χ1v) is 17.5. The molecule has 0 bridgehead atoms. The lowest BCUT2D eigenvalue weighted by molar-refractivity contribution is 0.0173. The molecule has 0 saturated heterocycles. The summed E-state index contributed by atoms with van der Waals surface area (Å²) in [5, 5.41) is 4.15. The van der Waals surface area contributed by atoms with Crippen molar-refractivity contribution < 1.29 is 27.0 Å². The molecular weight excluding hydrogens is 687 g/mol. The molecular formula is C35H32BrFN4O5S. The predicted molar refractivity (Wildman–Crippen MR) is 181 cm³/mol. The Hall–Kier alpha value is -4.39. The average molecular weight is 720 g/mol. The van der Waals surface area contributed by atoms with Gasteiger partial charge in [-0.3, -0.25) is 4.98 Å². The van der Waals surface area contributed by atoms with E-state index in [1.807, 2.05) is 36.4 Å². The lowest BCUT2D eigenvalue weighted by Crippen LogP contribution is -2.27. The number of nitrogens with zero attached hydrogens (tertiary/aromatic N) is 3. The summed E-state index contributed by atoms with van der Waals surface area (Å²) in [5.41, 5.74) is 2.22. The highest BCUT2D eigenvalue weighted by Gasteiger charge is 2.37. The van der Waals surface area contributed by atoms with Crippen LogP contribution in [0.5, 0.6) is 5.75 Å². The van der Waals surface area contributed by atoms with E-state index in [0.29, 0.717) is 47.8 Å². The van der Waals surface area contributed by atoms with Gasteiger partial charge in [-0.2, -0.15) is 0 Å². The largest absolute Gasteiger partial charge is 0.489 e. The van der Waals surface area contributed by atoms with Crippen molar-refractivity contribution in [3.8, 4) is 5.75 Å². The summed E-state index contributed by atoms with van der Waals surface area (Å²) in [6.07, 6.45) is 8.75. The molecule has 1 atom stereocenters. The third-order valence-corrected chi connectivity index (χ3v) is 10.1. The highest BCUT2D eigenvalue weighted by Crippen LogP contribution is 2.39. The second-order valence-corrected chi connectivity index (χ2v) is 14.0. The Morgan fingerprint density at radius 2 is 1.85 bits per heavy atom. The Morgan fingerprint density at radius 1 is 0.979 bits per heavy atom. The molecule has 5 aromatic rings. The first-order chi connectivity index (χ1) is 22.8. The van der Waals surface area contributed by atoms with Crippen molar-refractivity contribution in [1.82, 2.24) is 15.0 Å². The van der Waals surface area contributed by atoms with Gasteiger partial charge in [0.2, 0.25) is 0 Å². The van der Waals surface area contributed by atoms with Gasteiger partial charge in [0, 0.05) is 24.1 Å². The number of rotatable bonds is 14. The number of sulfone groups is 1. The minimum atomic E-state index is -3.39. The van der Waals surface area contributed by atoms with Crippen LogP contribution in [0, 0.1) is 5.82 Å². The molecule has 0 aliphatic carbocycles. The van der Waals surface area contributed by atoms with E-state index in [4.69, 9.17) is 19.2 Å². The standard InChI is InChI=1S/C35H32BrFN4O5S/c36-30-20-27(11-12-32(30)45-23-25-7-4-8-26(37)19-25)41-34-29-21-33(38-22-31(29)39-24-40-34)35(14-6-16-46-35)13-5-15-44-17-18-47(42,43)28-9-2-1-3-10-28/h1-4,6-12,16,19-22,24H,5,13-15,17-18,23H2,(H,39,40,41). The summed E-state index contributed by atoms with van der Waals surface area (Å²) >= 11 is 3.58. The molecule has 3 heterocycles. The summed E-state index contributed by atoms with van der Waals surface area (Å²) in [7, 11) is -3.39. The monoisotopic (exact) mass is 718 g/mol. The van der Waals surface area contributed by atoms with E-state index in [2.05, 4.69) is 31.2 Å². The van der Waals surface area contributed by atoms with Crippen molar-refractivity contribution in [2.24, 2.45) is 0 Å². The molecule has 0 fully saturated rings. The van der Waals surface area contributed by atoms with E-state index >= 15 is 0 Å². The number of aromatic nitrogens is 3. The van der Waals surface area contributed by atoms with Gasteiger partial charge in [0.05, 0.1) is 45.4 Å². The fourth-order valence-corrected chi connectivity index (χ4v) is 6.96. The lowest BCUT2D eigenvalue weighted by Gasteiger charge is -2.28. The number of halogens is 2. The van der Waals surface area contributed by atoms with Crippen LogP contribution in [-0.4, -0.2) is 42.3 Å². The molecule has 1 unspecified atom stereocenters. The van der Waals surface area contributed by atoms with Crippen LogP contribution in [-0.2, 0) is 31.5 Å². The Labute approximate surface area is 280 Å². The van der Waals surface area contributed by atoms with Gasteiger partial charge >= 0.3 is 0 Å². The molecule has 0 radical (unpaired) electrons. The smallest absolute Gasteiger partial charge is 0.180 e. The van der Waals surface area contributed by atoms with Crippen LogP contribution in [0.4, 0.5) is 15.9 Å². The molecule has 0 spiro atoms. The van der Waals surface area contributed by atoms with Gasteiger partial charge in [-0.05, 0) is 88.9 Å².